The lowest BCUT2D eigenvalue weighted by Crippen LogP contribution is -2.37. The van der Waals surface area contributed by atoms with Crippen LogP contribution in [0.2, 0.25) is 0 Å². The summed E-state index contributed by atoms with van der Waals surface area (Å²) in [7, 11) is -6.59. The molecule has 1 aliphatic heterocycles. The standard InChI is InChI=1S/C21H41N5O4P2/c22-8-4-16-31(27,28)19-25-12-10-24(18-21-6-2-1-3-7-21)11-13-26(15-14-25)20-32(29,30)17-5-9-23/h1-3,6-7H,4-5,8-20,22-23H2,(H,27,28)(H,29,30). The number of hydrogen-bond acceptors (Lipinski definition) is 7. The molecule has 184 valence electrons. The molecule has 2 rings (SSSR count). The van der Waals surface area contributed by atoms with Crippen molar-refractivity contribution >= 4 is 14.7 Å². The molecule has 9 nitrogen and oxygen atoms in total. The van der Waals surface area contributed by atoms with Crippen LogP contribution in [0.4, 0.5) is 0 Å². The second-order valence-corrected chi connectivity index (χ2v) is 13.6. The van der Waals surface area contributed by atoms with Crippen LogP contribution in [0.3, 0.4) is 0 Å². The van der Waals surface area contributed by atoms with Crippen molar-refractivity contribution in [1.29, 1.82) is 0 Å². The van der Waals surface area contributed by atoms with Gasteiger partial charge >= 0.3 is 0 Å². The second-order valence-electron chi connectivity index (χ2n) is 8.70. The first-order valence-corrected chi connectivity index (χ1v) is 15.5. The molecular formula is C21H41N5O4P2. The molecule has 0 bridgehead atoms. The van der Waals surface area contributed by atoms with Gasteiger partial charge in [-0.15, -0.1) is 0 Å². The Morgan fingerprint density at radius 3 is 1.53 bits per heavy atom. The third-order valence-electron chi connectivity index (χ3n) is 5.71. The monoisotopic (exact) mass is 489 g/mol. The van der Waals surface area contributed by atoms with Crippen molar-refractivity contribution in [3.8, 4) is 0 Å². The zero-order chi connectivity index (χ0) is 23.5. The molecule has 2 atom stereocenters. The van der Waals surface area contributed by atoms with E-state index in [1.54, 1.807) is 0 Å². The summed E-state index contributed by atoms with van der Waals surface area (Å²) in [5.41, 5.74) is 12.2. The van der Waals surface area contributed by atoms with Crippen LogP contribution in [-0.4, -0.2) is 102 Å². The summed E-state index contributed by atoms with van der Waals surface area (Å²) < 4.78 is 25.3. The maximum absolute atomic E-state index is 12.7. The van der Waals surface area contributed by atoms with Crippen molar-refractivity contribution in [3.05, 3.63) is 35.9 Å². The third kappa shape index (κ3) is 11.0. The van der Waals surface area contributed by atoms with Crippen LogP contribution in [0.1, 0.15) is 18.4 Å². The highest BCUT2D eigenvalue weighted by molar-refractivity contribution is 7.58. The van der Waals surface area contributed by atoms with E-state index in [1.165, 1.54) is 5.56 Å². The lowest BCUT2D eigenvalue weighted by Gasteiger charge is -2.28. The molecule has 1 aromatic rings. The quantitative estimate of drug-likeness (QED) is 0.320. The number of hydrogen-bond donors (Lipinski definition) is 4. The van der Waals surface area contributed by atoms with Crippen LogP contribution in [0, 0.1) is 0 Å². The van der Waals surface area contributed by atoms with Gasteiger partial charge in [-0.3, -0.25) is 23.8 Å². The highest BCUT2D eigenvalue weighted by atomic mass is 31.2. The van der Waals surface area contributed by atoms with Crippen molar-refractivity contribution in [2.75, 3.05) is 77.3 Å². The van der Waals surface area contributed by atoms with Crippen molar-refractivity contribution in [2.45, 2.75) is 19.4 Å². The van der Waals surface area contributed by atoms with Gasteiger partial charge in [0, 0.05) is 58.1 Å². The van der Waals surface area contributed by atoms with E-state index in [0.29, 0.717) is 52.1 Å². The molecule has 0 saturated carbocycles. The van der Waals surface area contributed by atoms with Crippen molar-refractivity contribution < 1.29 is 18.9 Å². The normalized spacial score (nSPS) is 21.2. The average Bonchev–Trinajstić information content (AvgIpc) is 2.83. The van der Waals surface area contributed by atoms with Crippen LogP contribution in [0.15, 0.2) is 30.3 Å². The number of nitrogens with two attached hydrogens (primary N) is 2. The van der Waals surface area contributed by atoms with E-state index in [2.05, 4.69) is 17.0 Å². The molecule has 0 aliphatic carbocycles. The summed E-state index contributed by atoms with van der Waals surface area (Å²) in [6.07, 6.45) is 1.77. The van der Waals surface area contributed by atoms with E-state index in [9.17, 15) is 18.9 Å². The van der Waals surface area contributed by atoms with Crippen molar-refractivity contribution in [3.63, 3.8) is 0 Å². The molecule has 32 heavy (non-hydrogen) atoms. The Kier molecular flexibility index (Phi) is 12.1. The fraction of sp³-hybridized carbons (Fsp3) is 0.714. The second kappa shape index (κ2) is 14.0. The maximum atomic E-state index is 12.7. The van der Waals surface area contributed by atoms with E-state index in [4.69, 9.17) is 11.5 Å². The van der Waals surface area contributed by atoms with Gasteiger partial charge in [-0.25, -0.2) is 0 Å². The predicted molar refractivity (Wildman–Crippen MR) is 131 cm³/mol. The summed E-state index contributed by atoms with van der Waals surface area (Å²) in [5, 5.41) is 0. The molecule has 0 radical (unpaired) electrons. The van der Waals surface area contributed by atoms with E-state index < -0.39 is 14.7 Å². The van der Waals surface area contributed by atoms with Crippen molar-refractivity contribution in [1.82, 2.24) is 14.7 Å². The molecule has 1 saturated heterocycles. The van der Waals surface area contributed by atoms with Crippen LogP contribution >= 0.6 is 14.7 Å². The molecule has 2 unspecified atom stereocenters. The van der Waals surface area contributed by atoms with Crippen molar-refractivity contribution in [2.24, 2.45) is 11.5 Å². The lowest BCUT2D eigenvalue weighted by molar-refractivity contribution is 0.221. The minimum absolute atomic E-state index is 0.129. The fourth-order valence-corrected chi connectivity index (χ4v) is 7.36. The van der Waals surface area contributed by atoms with Crippen LogP contribution in [0.25, 0.3) is 0 Å². The lowest BCUT2D eigenvalue weighted by atomic mass is 10.2. The topological polar surface area (TPSA) is 136 Å². The minimum atomic E-state index is -3.30. The summed E-state index contributed by atoms with van der Waals surface area (Å²) in [4.78, 5) is 27.2. The van der Waals surface area contributed by atoms with Gasteiger partial charge in [0.2, 0.25) is 14.7 Å². The summed E-state index contributed by atoms with van der Waals surface area (Å²) in [6.45, 7) is 5.64. The maximum Gasteiger partial charge on any atom is 0.214 e. The Hall–Kier alpha value is -0.600. The van der Waals surface area contributed by atoms with E-state index in [1.807, 2.05) is 28.0 Å². The smallest absolute Gasteiger partial charge is 0.214 e. The molecular weight excluding hydrogens is 448 g/mol. The number of benzene rings is 1. The van der Waals surface area contributed by atoms with E-state index >= 15 is 0 Å². The molecule has 1 aliphatic rings. The summed E-state index contributed by atoms with van der Waals surface area (Å²) in [5.74, 6) is 0. The van der Waals surface area contributed by atoms with Gasteiger partial charge in [-0.05, 0) is 31.5 Å². The molecule has 1 aromatic carbocycles. The molecule has 1 fully saturated rings. The molecule has 11 heteroatoms. The van der Waals surface area contributed by atoms with E-state index in [-0.39, 0.29) is 24.9 Å². The summed E-state index contributed by atoms with van der Waals surface area (Å²) in [6, 6.07) is 10.2. The first-order chi connectivity index (χ1) is 15.2. The fourth-order valence-electron chi connectivity index (χ4n) is 3.91. The van der Waals surface area contributed by atoms with E-state index in [0.717, 1.165) is 19.6 Å². The highest BCUT2D eigenvalue weighted by Gasteiger charge is 2.27. The Balaban J connectivity index is 2.09. The zero-order valence-corrected chi connectivity index (χ0v) is 20.9. The minimum Gasteiger partial charge on any atom is -0.343 e. The number of nitrogens with zero attached hydrogens (tertiary/aromatic N) is 3. The first kappa shape index (κ1) is 27.6. The molecule has 0 aromatic heterocycles. The molecule has 0 amide bonds. The molecule has 1 heterocycles. The number of rotatable bonds is 12. The Morgan fingerprint density at radius 2 is 1.12 bits per heavy atom. The van der Waals surface area contributed by atoms with Gasteiger partial charge in [0.15, 0.2) is 0 Å². The zero-order valence-electron chi connectivity index (χ0n) is 19.1. The van der Waals surface area contributed by atoms with Gasteiger partial charge in [0.25, 0.3) is 0 Å². The molecule has 6 N–H and O–H groups in total. The van der Waals surface area contributed by atoms with Gasteiger partial charge in [0.05, 0.1) is 12.6 Å². The average molecular weight is 490 g/mol. The Morgan fingerprint density at radius 1 is 0.719 bits per heavy atom. The Bertz CT molecular complexity index is 713. The summed E-state index contributed by atoms with van der Waals surface area (Å²) >= 11 is 0. The van der Waals surface area contributed by atoms with Gasteiger partial charge in [0.1, 0.15) is 0 Å². The SMILES string of the molecule is NCCCP(=O)(O)CN1CCN(Cc2ccccc2)CCN(CP(=O)(O)CCCN)CC1. The highest BCUT2D eigenvalue weighted by Crippen LogP contribution is 2.42. The molecule has 0 spiro atoms. The van der Waals surface area contributed by atoms with Crippen LogP contribution in [0.5, 0.6) is 0 Å². The predicted octanol–water partition coefficient (Wildman–Crippen LogP) is 1.26. The first-order valence-electron chi connectivity index (χ1n) is 11.5. The van der Waals surface area contributed by atoms with Gasteiger partial charge in [-0.1, -0.05) is 30.3 Å². The largest absolute Gasteiger partial charge is 0.343 e. The Labute approximate surface area is 192 Å². The van der Waals surface area contributed by atoms with Crippen LogP contribution in [-0.2, 0) is 15.7 Å². The third-order valence-corrected chi connectivity index (χ3v) is 9.43. The van der Waals surface area contributed by atoms with Gasteiger partial charge < -0.3 is 21.3 Å². The van der Waals surface area contributed by atoms with Crippen LogP contribution < -0.4 is 11.5 Å². The van der Waals surface area contributed by atoms with Gasteiger partial charge in [-0.2, -0.15) is 0 Å².